The van der Waals surface area contributed by atoms with Gasteiger partial charge in [0.05, 0.1) is 6.10 Å². The van der Waals surface area contributed by atoms with Crippen molar-refractivity contribution in [2.24, 2.45) is 34.5 Å². The molecule has 0 aliphatic heterocycles. The minimum absolute atomic E-state index is 0.0113. The summed E-state index contributed by atoms with van der Waals surface area (Å²) in [6, 6.07) is 0. The number of allylic oxidation sites excluding steroid dienone is 4. The predicted molar refractivity (Wildman–Crippen MR) is 114 cm³/mol. The maximum absolute atomic E-state index is 13.0. The molecule has 3 saturated carbocycles. The van der Waals surface area contributed by atoms with Gasteiger partial charge in [-0.3, -0.25) is 9.59 Å². The highest BCUT2D eigenvalue weighted by Gasteiger charge is 2.68. The molecule has 31 heavy (non-hydrogen) atoms. The number of hydrogen-bond donors (Lipinski definition) is 2. The molecule has 0 amide bonds. The first-order valence-electron chi connectivity index (χ1n) is 11.2. The van der Waals surface area contributed by atoms with Gasteiger partial charge in [-0.2, -0.15) is 0 Å². The van der Waals surface area contributed by atoms with Gasteiger partial charge >= 0.3 is 5.97 Å². The monoisotopic (exact) mass is 428 g/mol. The van der Waals surface area contributed by atoms with Crippen LogP contribution in [0.15, 0.2) is 36.5 Å². The van der Waals surface area contributed by atoms with E-state index in [1.54, 1.807) is 12.2 Å². The first-order valence-corrected chi connectivity index (χ1v) is 11.2. The Labute approximate surface area is 183 Å². The van der Waals surface area contributed by atoms with E-state index in [0.717, 1.165) is 18.1 Å². The molecule has 0 saturated heterocycles. The number of esters is 1. The molecule has 0 aromatic rings. The van der Waals surface area contributed by atoms with Crippen molar-refractivity contribution < 1.29 is 29.3 Å². The Bertz CT molecular complexity index is 902. The quantitative estimate of drug-likeness (QED) is 0.527. The number of carbonyl (C=O) groups excluding carboxylic acids is 3. The predicted octanol–water partition coefficient (Wildman–Crippen LogP) is 2.54. The SMILES string of the molecule is C=CC(=O)OCC(=O)[C@@]1(O)CC[C@H]2[C@@H]3C[C@H](C)C4=CC(=O)C=C[C@]4(C)[C@H]3C(O)C[C@@]21C. The van der Waals surface area contributed by atoms with Crippen LogP contribution in [0, 0.1) is 34.5 Å². The highest BCUT2D eigenvalue weighted by Crippen LogP contribution is 2.67. The van der Waals surface area contributed by atoms with Crippen LogP contribution in [0.25, 0.3) is 0 Å². The summed E-state index contributed by atoms with van der Waals surface area (Å²) in [6.07, 6.45) is 7.59. The zero-order valence-corrected chi connectivity index (χ0v) is 18.5. The average molecular weight is 429 g/mol. The van der Waals surface area contributed by atoms with Crippen molar-refractivity contribution in [3.8, 4) is 0 Å². The van der Waals surface area contributed by atoms with Gasteiger partial charge in [0.1, 0.15) is 5.60 Å². The van der Waals surface area contributed by atoms with E-state index < -0.39 is 40.9 Å². The minimum atomic E-state index is -1.65. The van der Waals surface area contributed by atoms with E-state index in [9.17, 15) is 24.6 Å². The third-order valence-corrected chi connectivity index (χ3v) is 8.94. The molecule has 8 atom stereocenters. The molecule has 4 aliphatic rings. The van der Waals surface area contributed by atoms with E-state index in [1.165, 1.54) is 0 Å². The molecule has 0 heterocycles. The van der Waals surface area contributed by atoms with Crippen molar-refractivity contribution in [2.45, 2.75) is 58.2 Å². The summed E-state index contributed by atoms with van der Waals surface area (Å²) in [6.45, 7) is 8.94. The number of carbonyl (C=O) groups is 3. The molecule has 6 heteroatoms. The Hall–Kier alpha value is -2.05. The Balaban J connectivity index is 1.67. The van der Waals surface area contributed by atoms with E-state index in [4.69, 9.17) is 4.74 Å². The number of hydrogen-bond acceptors (Lipinski definition) is 6. The van der Waals surface area contributed by atoms with E-state index in [1.807, 2.05) is 13.0 Å². The summed E-state index contributed by atoms with van der Waals surface area (Å²) in [5, 5.41) is 22.9. The molecule has 1 unspecified atom stereocenters. The van der Waals surface area contributed by atoms with Crippen LogP contribution in [0.4, 0.5) is 0 Å². The second-order valence-corrected chi connectivity index (χ2v) is 10.4. The fourth-order valence-corrected chi connectivity index (χ4v) is 7.53. The van der Waals surface area contributed by atoms with Crippen LogP contribution in [0.5, 0.6) is 0 Å². The van der Waals surface area contributed by atoms with Crippen molar-refractivity contribution in [1.29, 1.82) is 0 Å². The third-order valence-electron chi connectivity index (χ3n) is 8.94. The van der Waals surface area contributed by atoms with Gasteiger partial charge in [0, 0.05) is 22.8 Å². The van der Waals surface area contributed by atoms with E-state index >= 15 is 0 Å². The lowest BCUT2D eigenvalue weighted by Gasteiger charge is -2.60. The smallest absolute Gasteiger partial charge is 0.330 e. The maximum atomic E-state index is 13.0. The van der Waals surface area contributed by atoms with Crippen LogP contribution >= 0.6 is 0 Å². The highest BCUT2D eigenvalue weighted by atomic mass is 16.5. The van der Waals surface area contributed by atoms with Crippen LogP contribution in [0.2, 0.25) is 0 Å². The number of fused-ring (bicyclic) bond motifs is 5. The zero-order chi connectivity index (χ0) is 22.8. The number of ketones is 2. The van der Waals surface area contributed by atoms with Crippen LogP contribution in [-0.2, 0) is 19.1 Å². The second kappa shape index (κ2) is 7.24. The van der Waals surface area contributed by atoms with Crippen molar-refractivity contribution in [3.05, 3.63) is 36.5 Å². The molecule has 6 nitrogen and oxygen atoms in total. The lowest BCUT2D eigenvalue weighted by Crippen LogP contribution is -2.62. The fraction of sp³-hybridized carbons (Fsp3) is 0.640. The molecule has 3 fully saturated rings. The van der Waals surface area contributed by atoms with Crippen molar-refractivity contribution >= 4 is 17.5 Å². The molecule has 0 spiro atoms. The molecule has 168 valence electrons. The summed E-state index contributed by atoms with van der Waals surface area (Å²) < 4.78 is 4.93. The van der Waals surface area contributed by atoms with Crippen LogP contribution in [-0.4, -0.2) is 46.1 Å². The van der Waals surface area contributed by atoms with Crippen LogP contribution in [0.1, 0.15) is 46.5 Å². The van der Waals surface area contributed by atoms with E-state index in [-0.39, 0.29) is 42.3 Å². The number of ether oxygens (including phenoxy) is 1. The van der Waals surface area contributed by atoms with Gasteiger partial charge in [0.15, 0.2) is 12.4 Å². The van der Waals surface area contributed by atoms with Gasteiger partial charge in [-0.1, -0.05) is 39.0 Å². The number of rotatable bonds is 4. The van der Waals surface area contributed by atoms with Gasteiger partial charge in [-0.25, -0.2) is 4.79 Å². The molecule has 0 radical (unpaired) electrons. The molecule has 0 bridgehead atoms. The molecular formula is C25H32O6. The maximum Gasteiger partial charge on any atom is 0.330 e. The highest BCUT2D eigenvalue weighted by molar-refractivity contribution is 6.01. The van der Waals surface area contributed by atoms with Crippen molar-refractivity contribution in [1.82, 2.24) is 0 Å². The van der Waals surface area contributed by atoms with Gasteiger partial charge in [-0.05, 0) is 55.6 Å². The standard InChI is InChI=1S/C25H32O6/c1-5-21(29)31-13-20(28)25(30)9-7-17-16-10-14(2)18-11-15(26)6-8-23(18,3)22(16)19(27)12-24(17,25)4/h5-6,8,11,14,16-17,19,22,27,30H,1,7,9-10,12-13H2,2-4H3/t14-,16-,17-,19?,22+,23-,24-,25-/m0/s1. The largest absolute Gasteiger partial charge is 0.454 e. The molecule has 0 aromatic carbocycles. The summed E-state index contributed by atoms with van der Waals surface area (Å²) in [7, 11) is 0. The minimum Gasteiger partial charge on any atom is -0.454 e. The van der Waals surface area contributed by atoms with Crippen LogP contribution < -0.4 is 0 Å². The first kappa shape index (κ1) is 22.2. The Morgan fingerprint density at radius 2 is 2.06 bits per heavy atom. The lowest BCUT2D eigenvalue weighted by molar-refractivity contribution is -0.182. The molecule has 2 N–H and O–H groups in total. The van der Waals surface area contributed by atoms with Crippen molar-refractivity contribution in [3.63, 3.8) is 0 Å². The molecule has 4 rings (SSSR count). The fourth-order valence-electron chi connectivity index (χ4n) is 7.53. The Kier molecular flexibility index (Phi) is 5.17. The molecule has 0 aromatic heterocycles. The summed E-state index contributed by atoms with van der Waals surface area (Å²) in [5.41, 5.74) is -1.80. The number of Topliss-reactive ketones (excluding diaryl/α,β-unsaturated/α-hetero) is 1. The molecule has 4 aliphatic carbocycles. The topological polar surface area (TPSA) is 101 Å². The normalized spacial score (nSPS) is 45.8. The summed E-state index contributed by atoms with van der Waals surface area (Å²) in [5.74, 6) is -0.966. The lowest BCUT2D eigenvalue weighted by atomic mass is 9.45. The first-order chi connectivity index (χ1) is 14.5. The summed E-state index contributed by atoms with van der Waals surface area (Å²) in [4.78, 5) is 36.5. The van der Waals surface area contributed by atoms with Gasteiger partial charge in [0.25, 0.3) is 0 Å². The number of aliphatic hydroxyl groups is 2. The van der Waals surface area contributed by atoms with Crippen LogP contribution in [0.3, 0.4) is 0 Å². The van der Waals surface area contributed by atoms with Gasteiger partial charge in [0.2, 0.25) is 5.78 Å². The Morgan fingerprint density at radius 1 is 1.35 bits per heavy atom. The van der Waals surface area contributed by atoms with E-state index in [0.29, 0.717) is 6.42 Å². The second-order valence-electron chi connectivity index (χ2n) is 10.4. The Morgan fingerprint density at radius 3 is 2.74 bits per heavy atom. The zero-order valence-electron chi connectivity index (χ0n) is 18.5. The average Bonchev–Trinajstić information content (AvgIpc) is 2.98. The summed E-state index contributed by atoms with van der Waals surface area (Å²) >= 11 is 0. The van der Waals surface area contributed by atoms with E-state index in [2.05, 4.69) is 20.4 Å². The molecular weight excluding hydrogens is 396 g/mol. The van der Waals surface area contributed by atoms with Gasteiger partial charge in [-0.15, -0.1) is 0 Å². The van der Waals surface area contributed by atoms with Gasteiger partial charge < -0.3 is 14.9 Å². The number of aliphatic hydroxyl groups excluding tert-OH is 1. The van der Waals surface area contributed by atoms with Crippen molar-refractivity contribution in [2.75, 3.05) is 6.61 Å². The third kappa shape index (κ3) is 3.02.